The topological polar surface area (TPSA) is 57.0 Å². The van der Waals surface area contributed by atoms with Crippen LogP contribution in [0.25, 0.3) is 5.69 Å². The summed E-state index contributed by atoms with van der Waals surface area (Å²) in [6, 6.07) is 9.01. The summed E-state index contributed by atoms with van der Waals surface area (Å²) >= 11 is 1.61. The lowest BCUT2D eigenvalue weighted by Crippen LogP contribution is -2.06. The van der Waals surface area contributed by atoms with Gasteiger partial charge in [-0.25, -0.2) is 14.5 Å². The predicted octanol–water partition coefficient (Wildman–Crippen LogP) is 3.64. The molecule has 2 aromatic heterocycles. The average Bonchev–Trinajstić information content (AvgIpc) is 3.25. The Kier molecular flexibility index (Phi) is 4.83. The number of ether oxygens (including phenoxy) is 1. The minimum absolute atomic E-state index is 0.208. The fraction of sp³-hybridized carbons (Fsp3) is 0.235. The normalized spacial score (nSPS) is 10.7. The molecule has 0 fully saturated rings. The third-order valence-corrected chi connectivity index (χ3v) is 4.24. The zero-order valence-corrected chi connectivity index (χ0v) is 13.6. The molecule has 3 rings (SSSR count). The lowest BCUT2D eigenvalue weighted by atomic mass is 10.2. The van der Waals surface area contributed by atoms with Gasteiger partial charge in [0.15, 0.2) is 0 Å². The summed E-state index contributed by atoms with van der Waals surface area (Å²) in [6.45, 7) is 2.33. The third-order valence-electron chi connectivity index (χ3n) is 3.29. The van der Waals surface area contributed by atoms with Gasteiger partial charge in [-0.2, -0.15) is 5.10 Å². The molecule has 5 nitrogen and oxygen atoms in total. The minimum atomic E-state index is -0.345. The summed E-state index contributed by atoms with van der Waals surface area (Å²) in [5, 5.41) is 7.18. The lowest BCUT2D eigenvalue weighted by molar-refractivity contribution is 0.0468. The summed E-state index contributed by atoms with van der Waals surface area (Å²) in [5.74, 6) is -0.345. The third kappa shape index (κ3) is 3.84. The molecule has 0 atom stereocenters. The summed E-state index contributed by atoms with van der Waals surface area (Å²) in [5.41, 5.74) is 2.22. The van der Waals surface area contributed by atoms with E-state index < -0.39 is 0 Å². The zero-order chi connectivity index (χ0) is 16.1. The molecule has 0 N–H and O–H groups in total. The van der Waals surface area contributed by atoms with Gasteiger partial charge < -0.3 is 4.74 Å². The quantitative estimate of drug-likeness (QED) is 0.649. The Labute approximate surface area is 138 Å². The molecular formula is C17H17N3O2S. The SMILES string of the molecule is CCCc1nc(COC(=O)c2ccc(-n3cccn3)cc2)cs1. The average molecular weight is 327 g/mol. The number of carbonyl (C=O) groups is 1. The Hall–Kier alpha value is -2.47. The van der Waals surface area contributed by atoms with Crippen molar-refractivity contribution in [2.75, 3.05) is 0 Å². The van der Waals surface area contributed by atoms with Gasteiger partial charge in [0.05, 0.1) is 22.0 Å². The van der Waals surface area contributed by atoms with Crippen LogP contribution in [0.3, 0.4) is 0 Å². The molecule has 1 aromatic carbocycles. The van der Waals surface area contributed by atoms with Gasteiger partial charge in [0.25, 0.3) is 0 Å². The number of aryl methyl sites for hydroxylation is 1. The molecule has 0 radical (unpaired) electrons. The second-order valence-corrected chi connectivity index (χ2v) is 6.00. The Bertz CT molecular complexity index is 764. The molecule has 0 spiro atoms. The number of aromatic nitrogens is 3. The fourth-order valence-electron chi connectivity index (χ4n) is 2.14. The van der Waals surface area contributed by atoms with Gasteiger partial charge >= 0.3 is 5.97 Å². The minimum Gasteiger partial charge on any atom is -0.456 e. The van der Waals surface area contributed by atoms with Crippen molar-refractivity contribution in [3.8, 4) is 5.69 Å². The first kappa shape index (κ1) is 15.4. The van der Waals surface area contributed by atoms with E-state index in [1.54, 1.807) is 34.3 Å². The second kappa shape index (κ2) is 7.19. The van der Waals surface area contributed by atoms with Crippen molar-refractivity contribution in [2.24, 2.45) is 0 Å². The predicted molar refractivity (Wildman–Crippen MR) is 88.8 cm³/mol. The van der Waals surface area contributed by atoms with E-state index in [-0.39, 0.29) is 12.6 Å². The van der Waals surface area contributed by atoms with E-state index in [0.29, 0.717) is 5.56 Å². The molecule has 0 saturated carbocycles. The monoisotopic (exact) mass is 327 g/mol. The van der Waals surface area contributed by atoms with Crippen LogP contribution in [0.1, 0.15) is 34.4 Å². The van der Waals surface area contributed by atoms with Crippen molar-refractivity contribution in [2.45, 2.75) is 26.4 Å². The Morgan fingerprint density at radius 3 is 2.83 bits per heavy atom. The Morgan fingerprint density at radius 2 is 2.13 bits per heavy atom. The molecular weight excluding hydrogens is 310 g/mol. The van der Waals surface area contributed by atoms with Crippen molar-refractivity contribution in [1.82, 2.24) is 14.8 Å². The number of hydrogen-bond donors (Lipinski definition) is 0. The van der Waals surface area contributed by atoms with Crippen molar-refractivity contribution in [1.29, 1.82) is 0 Å². The zero-order valence-electron chi connectivity index (χ0n) is 12.8. The van der Waals surface area contributed by atoms with E-state index >= 15 is 0 Å². The van der Waals surface area contributed by atoms with Crippen molar-refractivity contribution < 1.29 is 9.53 Å². The van der Waals surface area contributed by atoms with Crippen LogP contribution in [-0.2, 0) is 17.8 Å². The largest absolute Gasteiger partial charge is 0.456 e. The van der Waals surface area contributed by atoms with Gasteiger partial charge in [0.1, 0.15) is 6.61 Å². The van der Waals surface area contributed by atoms with Crippen LogP contribution < -0.4 is 0 Å². The highest BCUT2D eigenvalue weighted by Crippen LogP contribution is 2.14. The standard InChI is InChI=1S/C17H17N3O2S/c1-2-4-16-19-14(12-23-16)11-22-17(21)13-5-7-15(8-6-13)20-10-3-9-18-20/h3,5-10,12H,2,4,11H2,1H3. The number of esters is 1. The van der Waals surface area contributed by atoms with E-state index in [2.05, 4.69) is 17.0 Å². The van der Waals surface area contributed by atoms with Crippen LogP contribution in [-0.4, -0.2) is 20.7 Å². The number of carbonyl (C=O) groups excluding carboxylic acids is 1. The van der Waals surface area contributed by atoms with E-state index in [9.17, 15) is 4.79 Å². The summed E-state index contributed by atoms with van der Waals surface area (Å²) in [7, 11) is 0. The second-order valence-electron chi connectivity index (χ2n) is 5.06. The molecule has 0 aliphatic carbocycles. The van der Waals surface area contributed by atoms with Gasteiger partial charge in [0, 0.05) is 17.8 Å². The molecule has 23 heavy (non-hydrogen) atoms. The van der Waals surface area contributed by atoms with Gasteiger partial charge in [-0.3, -0.25) is 0 Å². The molecule has 0 aliphatic heterocycles. The summed E-state index contributed by atoms with van der Waals surface area (Å²) < 4.78 is 7.05. The molecule has 0 unspecified atom stereocenters. The number of rotatable bonds is 6. The van der Waals surface area contributed by atoms with E-state index in [1.807, 2.05) is 29.8 Å². The van der Waals surface area contributed by atoms with E-state index in [0.717, 1.165) is 29.2 Å². The van der Waals surface area contributed by atoms with Gasteiger partial charge in [-0.1, -0.05) is 6.92 Å². The first-order valence-corrected chi connectivity index (χ1v) is 8.34. The van der Waals surface area contributed by atoms with Crippen LogP contribution >= 0.6 is 11.3 Å². The van der Waals surface area contributed by atoms with Gasteiger partial charge in [0.2, 0.25) is 0 Å². The Balaban J connectivity index is 1.59. The highest BCUT2D eigenvalue weighted by Gasteiger charge is 2.09. The number of thiazole rings is 1. The van der Waals surface area contributed by atoms with Crippen molar-refractivity contribution in [3.63, 3.8) is 0 Å². The van der Waals surface area contributed by atoms with Crippen molar-refractivity contribution >= 4 is 17.3 Å². The van der Waals surface area contributed by atoms with Gasteiger partial charge in [-0.05, 0) is 43.2 Å². The van der Waals surface area contributed by atoms with E-state index in [1.165, 1.54) is 0 Å². The summed E-state index contributed by atoms with van der Waals surface area (Å²) in [6.07, 6.45) is 5.59. The van der Waals surface area contributed by atoms with Crippen LogP contribution in [0, 0.1) is 0 Å². The van der Waals surface area contributed by atoms with Gasteiger partial charge in [-0.15, -0.1) is 11.3 Å². The molecule has 3 aromatic rings. The fourth-order valence-corrected chi connectivity index (χ4v) is 3.02. The number of hydrogen-bond acceptors (Lipinski definition) is 5. The molecule has 118 valence electrons. The number of benzene rings is 1. The smallest absolute Gasteiger partial charge is 0.338 e. The molecule has 0 bridgehead atoms. The maximum Gasteiger partial charge on any atom is 0.338 e. The van der Waals surface area contributed by atoms with Crippen LogP contribution in [0.5, 0.6) is 0 Å². The molecule has 0 amide bonds. The van der Waals surface area contributed by atoms with Crippen LogP contribution in [0.4, 0.5) is 0 Å². The first-order chi connectivity index (χ1) is 11.3. The summed E-state index contributed by atoms with van der Waals surface area (Å²) in [4.78, 5) is 16.5. The Morgan fingerprint density at radius 1 is 1.30 bits per heavy atom. The number of nitrogens with zero attached hydrogens (tertiary/aromatic N) is 3. The van der Waals surface area contributed by atoms with E-state index in [4.69, 9.17) is 4.74 Å². The maximum absolute atomic E-state index is 12.1. The lowest BCUT2D eigenvalue weighted by Gasteiger charge is -2.05. The molecule has 0 aliphatic rings. The van der Waals surface area contributed by atoms with Crippen molar-refractivity contribution in [3.05, 3.63) is 64.4 Å². The first-order valence-electron chi connectivity index (χ1n) is 7.46. The molecule has 0 saturated heterocycles. The highest BCUT2D eigenvalue weighted by atomic mass is 32.1. The van der Waals surface area contributed by atoms with Crippen LogP contribution in [0.2, 0.25) is 0 Å². The maximum atomic E-state index is 12.1. The molecule has 2 heterocycles. The highest BCUT2D eigenvalue weighted by molar-refractivity contribution is 7.09. The molecule has 6 heteroatoms. The van der Waals surface area contributed by atoms with Crippen LogP contribution in [0.15, 0.2) is 48.1 Å².